The number of carbonyl (C=O) groups is 1. The van der Waals surface area contributed by atoms with Gasteiger partial charge < -0.3 is 9.64 Å². The number of rotatable bonds is 5. The average Bonchev–Trinajstić information content (AvgIpc) is 2.91. The van der Waals surface area contributed by atoms with Crippen LogP contribution in [0.3, 0.4) is 0 Å². The van der Waals surface area contributed by atoms with E-state index < -0.39 is 10.0 Å². The third kappa shape index (κ3) is 3.53. The van der Waals surface area contributed by atoms with E-state index in [1.165, 1.54) is 13.0 Å². The number of hydrogen-bond acceptors (Lipinski definition) is 4. The molecule has 0 radical (unpaired) electrons. The largest absolute Gasteiger partial charge is 0.494 e. The molecule has 0 fully saturated rings. The average molecular weight is 374 g/mol. The number of ether oxygens (including phenoxy) is 1. The van der Waals surface area contributed by atoms with Gasteiger partial charge in [0.2, 0.25) is 5.91 Å². The fourth-order valence-corrected chi connectivity index (χ4v) is 4.36. The number of anilines is 2. The predicted molar refractivity (Wildman–Crippen MR) is 101 cm³/mol. The van der Waals surface area contributed by atoms with Gasteiger partial charge in [-0.3, -0.25) is 9.52 Å². The molecule has 1 N–H and O–H groups in total. The van der Waals surface area contributed by atoms with Gasteiger partial charge in [0.25, 0.3) is 10.0 Å². The fourth-order valence-electron chi connectivity index (χ4n) is 3.25. The van der Waals surface area contributed by atoms with E-state index in [9.17, 15) is 13.2 Å². The molecule has 0 saturated heterocycles. The molecular formula is C19H22N2O4S. The van der Waals surface area contributed by atoms with Gasteiger partial charge >= 0.3 is 0 Å². The molecule has 0 saturated carbocycles. The lowest BCUT2D eigenvalue weighted by Gasteiger charge is -2.20. The smallest absolute Gasteiger partial charge is 0.261 e. The van der Waals surface area contributed by atoms with Gasteiger partial charge in [0, 0.05) is 24.3 Å². The zero-order chi connectivity index (χ0) is 18.9. The van der Waals surface area contributed by atoms with Crippen LogP contribution >= 0.6 is 0 Å². The molecule has 0 bridgehead atoms. The van der Waals surface area contributed by atoms with Gasteiger partial charge in [0.1, 0.15) is 5.75 Å². The summed E-state index contributed by atoms with van der Waals surface area (Å²) in [6.45, 7) is 5.91. The van der Waals surface area contributed by atoms with Crippen LogP contribution in [0.4, 0.5) is 11.4 Å². The first-order chi connectivity index (χ1) is 12.3. The second-order valence-corrected chi connectivity index (χ2v) is 7.98. The number of nitrogens with zero attached hydrogens (tertiary/aromatic N) is 1. The Kier molecular flexibility index (Phi) is 4.91. The molecule has 1 aliphatic rings. The van der Waals surface area contributed by atoms with Gasteiger partial charge in [-0.15, -0.1) is 0 Å². The van der Waals surface area contributed by atoms with Gasteiger partial charge in [0.05, 0.1) is 11.5 Å². The third-order valence-corrected chi connectivity index (χ3v) is 5.71. The molecule has 0 aliphatic carbocycles. The molecule has 2 aromatic carbocycles. The van der Waals surface area contributed by atoms with Crippen molar-refractivity contribution >= 4 is 27.3 Å². The molecule has 138 valence electrons. The minimum absolute atomic E-state index is 0.0273. The summed E-state index contributed by atoms with van der Waals surface area (Å²) in [6, 6.07) is 11.7. The summed E-state index contributed by atoms with van der Waals surface area (Å²) in [5.74, 6) is 0.644. The molecule has 26 heavy (non-hydrogen) atoms. The van der Waals surface area contributed by atoms with Crippen LogP contribution < -0.4 is 14.4 Å². The number of carbonyl (C=O) groups excluding carboxylic acids is 1. The van der Waals surface area contributed by atoms with Crippen LogP contribution in [-0.2, 0) is 21.2 Å². The molecule has 0 spiro atoms. The summed E-state index contributed by atoms with van der Waals surface area (Å²) in [7, 11) is -3.71. The molecule has 1 atom stereocenters. The molecule has 6 nitrogen and oxygen atoms in total. The highest BCUT2D eigenvalue weighted by Gasteiger charge is 2.30. The molecular weight excluding hydrogens is 352 g/mol. The maximum absolute atomic E-state index is 12.7. The van der Waals surface area contributed by atoms with Crippen molar-refractivity contribution in [1.29, 1.82) is 0 Å². The fraction of sp³-hybridized carbons (Fsp3) is 0.316. The van der Waals surface area contributed by atoms with E-state index in [0.29, 0.717) is 24.5 Å². The van der Waals surface area contributed by atoms with Crippen LogP contribution in [0.25, 0.3) is 0 Å². The summed E-state index contributed by atoms with van der Waals surface area (Å²) in [5.41, 5.74) is 2.11. The number of sulfonamides is 1. The third-order valence-electron chi connectivity index (χ3n) is 4.33. The SMILES string of the molecule is CCOc1ccc(NS(=O)(=O)c2ccc3c(c2)CC(C)N3C(C)=O)cc1. The van der Waals surface area contributed by atoms with E-state index in [0.717, 1.165) is 11.3 Å². The first-order valence-corrected chi connectivity index (χ1v) is 9.98. The van der Waals surface area contributed by atoms with Crippen molar-refractivity contribution in [2.45, 2.75) is 38.1 Å². The lowest BCUT2D eigenvalue weighted by molar-refractivity contribution is -0.116. The van der Waals surface area contributed by atoms with Crippen LogP contribution in [0.15, 0.2) is 47.4 Å². The summed E-state index contributed by atoms with van der Waals surface area (Å²) >= 11 is 0. The van der Waals surface area contributed by atoms with E-state index in [-0.39, 0.29) is 16.8 Å². The molecule has 2 aromatic rings. The number of benzene rings is 2. The van der Waals surface area contributed by atoms with Crippen LogP contribution in [-0.4, -0.2) is 27.0 Å². The van der Waals surface area contributed by atoms with E-state index in [1.807, 2.05) is 13.8 Å². The van der Waals surface area contributed by atoms with Gasteiger partial charge in [-0.1, -0.05) is 0 Å². The minimum Gasteiger partial charge on any atom is -0.494 e. The zero-order valence-electron chi connectivity index (χ0n) is 15.0. The number of fused-ring (bicyclic) bond motifs is 1. The van der Waals surface area contributed by atoms with E-state index >= 15 is 0 Å². The van der Waals surface area contributed by atoms with Crippen molar-refractivity contribution in [2.24, 2.45) is 0 Å². The quantitative estimate of drug-likeness (QED) is 0.872. The highest BCUT2D eigenvalue weighted by Crippen LogP contribution is 2.34. The Morgan fingerprint density at radius 2 is 1.92 bits per heavy atom. The minimum atomic E-state index is -3.71. The van der Waals surface area contributed by atoms with Crippen LogP contribution in [0.2, 0.25) is 0 Å². The lowest BCUT2D eigenvalue weighted by Crippen LogP contribution is -2.33. The Balaban J connectivity index is 1.84. The van der Waals surface area contributed by atoms with Crippen LogP contribution in [0, 0.1) is 0 Å². The summed E-state index contributed by atoms with van der Waals surface area (Å²) < 4.78 is 33.3. The van der Waals surface area contributed by atoms with E-state index in [4.69, 9.17) is 4.74 Å². The molecule has 1 heterocycles. The second kappa shape index (κ2) is 6.99. The standard InChI is InChI=1S/C19H22N2O4S/c1-4-25-17-7-5-16(6-8-17)20-26(23,24)18-9-10-19-15(12-18)11-13(2)21(19)14(3)22/h5-10,12-13,20H,4,11H2,1-3H3. The van der Waals surface area contributed by atoms with Crippen molar-refractivity contribution in [1.82, 2.24) is 0 Å². The predicted octanol–water partition coefficient (Wildman–Crippen LogP) is 3.18. The van der Waals surface area contributed by atoms with Gasteiger partial charge in [-0.25, -0.2) is 8.42 Å². The molecule has 0 aromatic heterocycles. The van der Waals surface area contributed by atoms with Crippen LogP contribution in [0.5, 0.6) is 5.75 Å². The summed E-state index contributed by atoms with van der Waals surface area (Å²) in [4.78, 5) is 13.7. The Morgan fingerprint density at radius 3 is 2.54 bits per heavy atom. The second-order valence-electron chi connectivity index (χ2n) is 6.30. The molecule has 1 aliphatic heterocycles. The summed E-state index contributed by atoms with van der Waals surface area (Å²) in [5, 5.41) is 0. The Hall–Kier alpha value is -2.54. The highest BCUT2D eigenvalue weighted by molar-refractivity contribution is 7.92. The first-order valence-electron chi connectivity index (χ1n) is 8.50. The maximum Gasteiger partial charge on any atom is 0.261 e. The number of hydrogen-bond donors (Lipinski definition) is 1. The van der Waals surface area contributed by atoms with Crippen molar-refractivity contribution in [3.05, 3.63) is 48.0 Å². The van der Waals surface area contributed by atoms with Crippen LogP contribution in [0.1, 0.15) is 26.3 Å². The number of amides is 1. The summed E-state index contributed by atoms with van der Waals surface area (Å²) in [6.07, 6.45) is 0.640. The normalized spacial score (nSPS) is 16.3. The van der Waals surface area contributed by atoms with Crippen molar-refractivity contribution in [3.8, 4) is 5.75 Å². The molecule has 3 rings (SSSR count). The van der Waals surface area contributed by atoms with Crippen molar-refractivity contribution in [3.63, 3.8) is 0 Å². The van der Waals surface area contributed by atoms with Gasteiger partial charge in [-0.05, 0) is 68.3 Å². The topological polar surface area (TPSA) is 75.7 Å². The molecule has 1 amide bonds. The van der Waals surface area contributed by atoms with E-state index in [2.05, 4.69) is 4.72 Å². The Labute approximate surface area is 153 Å². The van der Waals surface area contributed by atoms with Gasteiger partial charge in [0.15, 0.2) is 0 Å². The Morgan fingerprint density at radius 1 is 1.23 bits per heavy atom. The number of nitrogens with one attached hydrogen (secondary N) is 1. The monoisotopic (exact) mass is 374 g/mol. The molecule has 1 unspecified atom stereocenters. The lowest BCUT2D eigenvalue weighted by atomic mass is 10.1. The zero-order valence-corrected chi connectivity index (χ0v) is 15.8. The van der Waals surface area contributed by atoms with Gasteiger partial charge in [-0.2, -0.15) is 0 Å². The first kappa shape index (κ1) is 18.3. The Bertz CT molecular complexity index is 923. The van der Waals surface area contributed by atoms with Crippen molar-refractivity contribution < 1.29 is 17.9 Å². The van der Waals surface area contributed by atoms with E-state index in [1.54, 1.807) is 41.3 Å². The highest BCUT2D eigenvalue weighted by atomic mass is 32.2. The maximum atomic E-state index is 12.7. The van der Waals surface area contributed by atoms with Crippen molar-refractivity contribution in [2.75, 3.05) is 16.2 Å². The molecule has 7 heteroatoms.